The van der Waals surface area contributed by atoms with Crippen LogP contribution in [-0.4, -0.2) is 25.4 Å². The fourth-order valence-electron chi connectivity index (χ4n) is 2.71. The lowest BCUT2D eigenvalue weighted by Gasteiger charge is -2.12. The SMILES string of the molecule is CC(=O)Oc1nc(C(C)C)c(Sc2cccc([N+](=O)[O-])c2)n1Cc1cccnc1. The molecule has 0 N–H and O–H groups in total. The number of benzene rings is 1. The molecule has 0 saturated heterocycles. The average molecular weight is 412 g/mol. The molecule has 2 heterocycles. The first kappa shape index (κ1) is 20.5. The van der Waals surface area contributed by atoms with Crippen LogP contribution in [0.25, 0.3) is 0 Å². The summed E-state index contributed by atoms with van der Waals surface area (Å²) in [6.07, 6.45) is 3.41. The number of carbonyl (C=O) groups is 1. The van der Waals surface area contributed by atoms with Gasteiger partial charge in [0.1, 0.15) is 5.03 Å². The molecule has 0 aliphatic rings. The van der Waals surface area contributed by atoms with Crippen molar-refractivity contribution < 1.29 is 14.5 Å². The van der Waals surface area contributed by atoms with Gasteiger partial charge in [-0.25, -0.2) is 0 Å². The highest BCUT2D eigenvalue weighted by Gasteiger charge is 2.23. The van der Waals surface area contributed by atoms with Crippen LogP contribution in [0.3, 0.4) is 0 Å². The van der Waals surface area contributed by atoms with Gasteiger partial charge in [-0.05, 0) is 23.6 Å². The molecule has 2 aromatic heterocycles. The largest absolute Gasteiger partial charge is 0.392 e. The minimum Gasteiger partial charge on any atom is -0.392 e. The van der Waals surface area contributed by atoms with E-state index in [0.717, 1.165) is 16.3 Å². The Hall–Kier alpha value is -3.20. The van der Waals surface area contributed by atoms with Crippen LogP contribution >= 0.6 is 11.8 Å². The van der Waals surface area contributed by atoms with Crippen LogP contribution in [0.4, 0.5) is 5.69 Å². The number of esters is 1. The third kappa shape index (κ3) is 5.00. The van der Waals surface area contributed by atoms with Gasteiger partial charge in [0, 0.05) is 36.3 Å². The van der Waals surface area contributed by atoms with Crippen molar-refractivity contribution in [1.82, 2.24) is 14.5 Å². The number of aromatic nitrogens is 3. The third-order valence-corrected chi connectivity index (χ3v) is 5.11. The number of non-ortho nitro benzene ring substituents is 1. The molecule has 0 bridgehead atoms. The Kier molecular flexibility index (Phi) is 6.28. The summed E-state index contributed by atoms with van der Waals surface area (Å²) in [5.41, 5.74) is 1.68. The molecule has 0 saturated carbocycles. The number of ether oxygens (including phenoxy) is 1. The number of imidazole rings is 1. The Morgan fingerprint density at radius 2 is 2.10 bits per heavy atom. The summed E-state index contributed by atoms with van der Waals surface area (Å²) in [5.74, 6) is -0.412. The van der Waals surface area contributed by atoms with E-state index < -0.39 is 10.9 Å². The maximum Gasteiger partial charge on any atom is 0.310 e. The lowest BCUT2D eigenvalue weighted by Crippen LogP contribution is -2.10. The minimum atomic E-state index is -0.468. The average Bonchev–Trinajstić information content (AvgIpc) is 2.99. The summed E-state index contributed by atoms with van der Waals surface area (Å²) >= 11 is 1.35. The summed E-state index contributed by atoms with van der Waals surface area (Å²) < 4.78 is 7.16. The molecule has 0 aliphatic heterocycles. The smallest absolute Gasteiger partial charge is 0.310 e. The normalized spacial score (nSPS) is 10.9. The zero-order valence-corrected chi connectivity index (χ0v) is 17.0. The van der Waals surface area contributed by atoms with Crippen LogP contribution in [0.2, 0.25) is 0 Å². The zero-order valence-electron chi connectivity index (χ0n) is 16.2. The van der Waals surface area contributed by atoms with Crippen molar-refractivity contribution in [2.24, 2.45) is 0 Å². The monoisotopic (exact) mass is 412 g/mol. The lowest BCUT2D eigenvalue weighted by atomic mass is 10.1. The minimum absolute atomic E-state index is 0.0135. The number of nitrogens with zero attached hydrogens (tertiary/aromatic N) is 4. The zero-order chi connectivity index (χ0) is 21.0. The first-order chi connectivity index (χ1) is 13.8. The van der Waals surface area contributed by atoms with Gasteiger partial charge in [-0.2, -0.15) is 4.98 Å². The van der Waals surface area contributed by atoms with E-state index in [4.69, 9.17) is 4.74 Å². The molecule has 0 aliphatic carbocycles. The van der Waals surface area contributed by atoms with Crippen molar-refractivity contribution in [3.63, 3.8) is 0 Å². The highest BCUT2D eigenvalue weighted by atomic mass is 32.2. The maximum absolute atomic E-state index is 11.6. The summed E-state index contributed by atoms with van der Waals surface area (Å²) in [5, 5.41) is 11.9. The van der Waals surface area contributed by atoms with Gasteiger partial charge in [0.25, 0.3) is 5.69 Å². The van der Waals surface area contributed by atoms with Crippen molar-refractivity contribution in [1.29, 1.82) is 0 Å². The summed E-state index contributed by atoms with van der Waals surface area (Å²) in [6.45, 7) is 5.70. The lowest BCUT2D eigenvalue weighted by molar-refractivity contribution is -0.385. The second kappa shape index (κ2) is 8.87. The van der Waals surface area contributed by atoms with Gasteiger partial charge < -0.3 is 4.74 Å². The van der Waals surface area contributed by atoms with E-state index in [1.165, 1.54) is 30.8 Å². The molecule has 0 radical (unpaired) electrons. The van der Waals surface area contributed by atoms with E-state index in [0.29, 0.717) is 11.4 Å². The van der Waals surface area contributed by atoms with E-state index in [1.54, 1.807) is 29.1 Å². The number of pyridine rings is 1. The van der Waals surface area contributed by atoms with Crippen LogP contribution in [0, 0.1) is 10.1 Å². The maximum atomic E-state index is 11.6. The van der Waals surface area contributed by atoms with Gasteiger partial charge in [0.2, 0.25) is 0 Å². The standard InChI is InChI=1S/C20H20N4O4S/c1-13(2)18-19(29-17-8-4-7-16(10-17)24(26)27)23(20(22-18)28-14(3)25)12-15-6-5-9-21-11-15/h4-11,13H,12H2,1-3H3. The van der Waals surface area contributed by atoms with Crippen LogP contribution < -0.4 is 4.74 Å². The fourth-order valence-corrected chi connectivity index (χ4v) is 3.90. The molecule has 8 nitrogen and oxygen atoms in total. The van der Waals surface area contributed by atoms with Crippen LogP contribution in [0.15, 0.2) is 58.7 Å². The molecule has 3 aromatic rings. The second-order valence-electron chi connectivity index (χ2n) is 6.64. The molecule has 0 spiro atoms. The fraction of sp³-hybridized carbons (Fsp3) is 0.250. The molecule has 1 aromatic carbocycles. The Balaban J connectivity index is 2.09. The van der Waals surface area contributed by atoms with Gasteiger partial charge >= 0.3 is 12.0 Å². The molecule has 150 valence electrons. The quantitative estimate of drug-likeness (QED) is 0.321. The van der Waals surface area contributed by atoms with Gasteiger partial charge in [0.15, 0.2) is 0 Å². The number of rotatable bonds is 7. The molecule has 3 rings (SSSR count). The molecule has 0 atom stereocenters. The molecule has 0 unspecified atom stereocenters. The van der Waals surface area contributed by atoms with E-state index in [2.05, 4.69) is 9.97 Å². The van der Waals surface area contributed by atoms with Gasteiger partial charge in [-0.1, -0.05) is 37.7 Å². The first-order valence-electron chi connectivity index (χ1n) is 8.95. The van der Waals surface area contributed by atoms with Crippen LogP contribution in [0.1, 0.15) is 37.9 Å². The molecule has 29 heavy (non-hydrogen) atoms. The Labute approximate surface area is 172 Å². The Morgan fingerprint density at radius 3 is 2.72 bits per heavy atom. The van der Waals surface area contributed by atoms with Crippen molar-refractivity contribution in [3.05, 3.63) is 70.2 Å². The number of hydrogen-bond donors (Lipinski definition) is 0. The van der Waals surface area contributed by atoms with Crippen LogP contribution in [-0.2, 0) is 11.3 Å². The summed E-state index contributed by atoms with van der Waals surface area (Å²) in [4.78, 5) is 31.7. The highest BCUT2D eigenvalue weighted by molar-refractivity contribution is 7.99. The predicted octanol–water partition coefficient (Wildman–Crippen LogP) is 4.43. The highest BCUT2D eigenvalue weighted by Crippen LogP contribution is 2.38. The van der Waals surface area contributed by atoms with Crippen molar-refractivity contribution in [3.8, 4) is 6.01 Å². The van der Waals surface area contributed by atoms with Crippen molar-refractivity contribution >= 4 is 23.4 Å². The van der Waals surface area contributed by atoms with Gasteiger partial charge in [-0.15, -0.1) is 0 Å². The third-order valence-electron chi connectivity index (χ3n) is 4.00. The topological polar surface area (TPSA) is 100 Å². The first-order valence-corrected chi connectivity index (χ1v) is 9.77. The van der Waals surface area contributed by atoms with E-state index in [9.17, 15) is 14.9 Å². The Morgan fingerprint density at radius 1 is 1.31 bits per heavy atom. The number of nitro groups is 1. The molecular weight excluding hydrogens is 392 g/mol. The van der Waals surface area contributed by atoms with E-state index >= 15 is 0 Å². The predicted molar refractivity (Wildman–Crippen MR) is 108 cm³/mol. The molecule has 9 heteroatoms. The van der Waals surface area contributed by atoms with E-state index in [1.807, 2.05) is 26.0 Å². The number of carbonyl (C=O) groups excluding carboxylic acids is 1. The Bertz CT molecular complexity index is 1030. The molecule has 0 amide bonds. The van der Waals surface area contributed by atoms with Crippen molar-refractivity contribution in [2.75, 3.05) is 0 Å². The number of hydrogen-bond acceptors (Lipinski definition) is 7. The van der Waals surface area contributed by atoms with Crippen LogP contribution in [0.5, 0.6) is 6.01 Å². The second-order valence-corrected chi connectivity index (χ2v) is 7.70. The summed E-state index contributed by atoms with van der Waals surface area (Å²) in [7, 11) is 0. The molecule has 0 fully saturated rings. The van der Waals surface area contributed by atoms with Gasteiger partial charge in [0.05, 0.1) is 17.2 Å². The molecular formula is C20H20N4O4S. The number of nitro benzene ring substituents is 1. The van der Waals surface area contributed by atoms with E-state index in [-0.39, 0.29) is 17.6 Å². The van der Waals surface area contributed by atoms with Gasteiger partial charge in [-0.3, -0.25) is 24.5 Å². The van der Waals surface area contributed by atoms with Crippen molar-refractivity contribution in [2.45, 2.75) is 43.2 Å². The summed E-state index contributed by atoms with van der Waals surface area (Å²) in [6, 6.07) is 10.3.